The zero-order chi connectivity index (χ0) is 14.8. The monoisotopic (exact) mass is 284 g/mol. The van der Waals surface area contributed by atoms with E-state index in [9.17, 15) is 4.39 Å². The molecule has 0 aliphatic rings. The molecule has 0 saturated carbocycles. The van der Waals surface area contributed by atoms with Crippen LogP contribution < -0.4 is 4.74 Å². The van der Waals surface area contributed by atoms with Crippen molar-refractivity contribution in [1.29, 1.82) is 0 Å². The lowest BCUT2D eigenvalue weighted by atomic mass is 10.1. The number of aryl methyl sites for hydroxylation is 1. The van der Waals surface area contributed by atoms with Crippen molar-refractivity contribution < 1.29 is 9.13 Å². The summed E-state index contributed by atoms with van der Waals surface area (Å²) in [6.07, 6.45) is 0.943. The van der Waals surface area contributed by atoms with Crippen LogP contribution >= 0.6 is 0 Å². The summed E-state index contributed by atoms with van der Waals surface area (Å²) in [5.41, 5.74) is 2.39. The highest BCUT2D eigenvalue weighted by Crippen LogP contribution is 2.31. The quantitative estimate of drug-likeness (QED) is 0.715. The number of rotatable bonds is 4. The first kappa shape index (κ1) is 13.6. The smallest absolute Gasteiger partial charge is 0.151 e. The fourth-order valence-corrected chi connectivity index (χ4v) is 2.54. The molecule has 0 atom stereocenters. The number of hydrogen-bond donors (Lipinski definition) is 0. The molecule has 108 valence electrons. The second-order valence-corrected chi connectivity index (χ2v) is 4.94. The van der Waals surface area contributed by atoms with E-state index in [4.69, 9.17) is 4.74 Å². The minimum Gasteiger partial charge on any atom is -0.497 e. The van der Waals surface area contributed by atoms with Gasteiger partial charge in [0.15, 0.2) is 5.82 Å². The number of methoxy groups -OCH3 is 1. The number of nitrogens with zero attached hydrogens (tertiary/aromatic N) is 2. The molecule has 0 aliphatic carbocycles. The molecule has 0 spiro atoms. The summed E-state index contributed by atoms with van der Waals surface area (Å²) >= 11 is 0. The largest absolute Gasteiger partial charge is 0.497 e. The fourth-order valence-electron chi connectivity index (χ4n) is 2.54. The Kier molecular flexibility index (Phi) is 3.60. The van der Waals surface area contributed by atoms with Crippen LogP contribution in [-0.4, -0.2) is 16.9 Å². The van der Waals surface area contributed by atoms with Gasteiger partial charge in [0.2, 0.25) is 0 Å². The maximum atomic E-state index is 14.0. The molecular formula is C17H17FN2O. The third kappa shape index (κ3) is 2.37. The molecule has 4 heteroatoms. The molecule has 1 heterocycles. The molecule has 0 unspecified atom stereocenters. The standard InChI is InChI=1S/C17H17FN2O/c1-3-11-20-17(12-7-9-13(21-2)10-8-12)14-5-4-6-15(18)16(14)19-20/h4-10H,3,11H2,1-2H3. The van der Waals surface area contributed by atoms with Crippen LogP contribution in [0.25, 0.3) is 22.2 Å². The molecule has 0 N–H and O–H groups in total. The Labute approximate surface area is 123 Å². The Morgan fingerprint density at radius 3 is 2.57 bits per heavy atom. The van der Waals surface area contributed by atoms with Gasteiger partial charge in [-0.15, -0.1) is 0 Å². The van der Waals surface area contributed by atoms with Gasteiger partial charge in [-0.25, -0.2) is 4.39 Å². The van der Waals surface area contributed by atoms with Gasteiger partial charge >= 0.3 is 0 Å². The molecule has 0 aliphatic heterocycles. The average molecular weight is 284 g/mol. The molecule has 0 radical (unpaired) electrons. The number of fused-ring (bicyclic) bond motifs is 1. The molecule has 3 aromatic rings. The second-order valence-electron chi connectivity index (χ2n) is 4.94. The Hall–Kier alpha value is -2.36. The normalized spacial score (nSPS) is 11.0. The topological polar surface area (TPSA) is 27.1 Å². The van der Waals surface area contributed by atoms with Gasteiger partial charge in [0.25, 0.3) is 0 Å². The molecule has 3 rings (SSSR count). The number of benzene rings is 2. The lowest BCUT2D eigenvalue weighted by molar-refractivity contribution is 0.415. The number of hydrogen-bond acceptors (Lipinski definition) is 2. The zero-order valence-corrected chi connectivity index (χ0v) is 12.1. The van der Waals surface area contributed by atoms with E-state index < -0.39 is 0 Å². The number of aromatic nitrogens is 2. The van der Waals surface area contributed by atoms with Gasteiger partial charge in [0.05, 0.1) is 12.8 Å². The van der Waals surface area contributed by atoms with Crippen molar-refractivity contribution in [2.24, 2.45) is 0 Å². The summed E-state index contributed by atoms with van der Waals surface area (Å²) in [6.45, 7) is 2.84. The van der Waals surface area contributed by atoms with E-state index in [1.165, 1.54) is 6.07 Å². The molecule has 3 nitrogen and oxygen atoms in total. The van der Waals surface area contributed by atoms with Crippen molar-refractivity contribution in [2.75, 3.05) is 7.11 Å². The summed E-state index contributed by atoms with van der Waals surface area (Å²) in [7, 11) is 1.64. The molecule has 2 aromatic carbocycles. The van der Waals surface area contributed by atoms with Gasteiger partial charge in [0.1, 0.15) is 11.3 Å². The Bertz CT molecular complexity index is 762. The van der Waals surface area contributed by atoms with Crippen molar-refractivity contribution in [1.82, 2.24) is 9.78 Å². The first-order chi connectivity index (χ1) is 10.2. The summed E-state index contributed by atoms with van der Waals surface area (Å²) in [6, 6.07) is 12.9. The Balaban J connectivity index is 2.22. The van der Waals surface area contributed by atoms with E-state index in [0.29, 0.717) is 5.52 Å². The summed E-state index contributed by atoms with van der Waals surface area (Å²) in [4.78, 5) is 0. The second kappa shape index (κ2) is 5.56. The van der Waals surface area contributed by atoms with E-state index in [2.05, 4.69) is 12.0 Å². The van der Waals surface area contributed by atoms with Gasteiger partial charge in [-0.2, -0.15) is 5.10 Å². The van der Waals surface area contributed by atoms with Crippen LogP contribution in [0.2, 0.25) is 0 Å². The Morgan fingerprint density at radius 1 is 1.14 bits per heavy atom. The Morgan fingerprint density at radius 2 is 1.90 bits per heavy atom. The van der Waals surface area contributed by atoms with E-state index >= 15 is 0 Å². The van der Waals surface area contributed by atoms with Gasteiger partial charge in [-0.05, 0) is 36.8 Å². The van der Waals surface area contributed by atoms with Crippen molar-refractivity contribution in [3.63, 3.8) is 0 Å². The fraction of sp³-hybridized carbons (Fsp3) is 0.235. The third-order valence-corrected chi connectivity index (χ3v) is 3.52. The lowest BCUT2D eigenvalue weighted by Crippen LogP contribution is -2.01. The van der Waals surface area contributed by atoms with Crippen molar-refractivity contribution in [2.45, 2.75) is 19.9 Å². The summed E-state index contributed by atoms with van der Waals surface area (Å²) in [5, 5.41) is 5.27. The SMILES string of the molecule is CCCn1nc2c(F)cccc2c1-c1ccc(OC)cc1. The van der Waals surface area contributed by atoms with Crippen molar-refractivity contribution in [3.8, 4) is 17.0 Å². The molecule has 0 fully saturated rings. The van der Waals surface area contributed by atoms with Gasteiger partial charge in [0, 0.05) is 17.5 Å². The molecule has 1 aromatic heterocycles. The van der Waals surface area contributed by atoms with E-state index in [0.717, 1.165) is 35.4 Å². The van der Waals surface area contributed by atoms with Crippen molar-refractivity contribution >= 4 is 10.9 Å². The summed E-state index contributed by atoms with van der Waals surface area (Å²) in [5.74, 6) is 0.521. The van der Waals surface area contributed by atoms with Crippen LogP contribution in [0, 0.1) is 5.82 Å². The molecule has 0 bridgehead atoms. The maximum absolute atomic E-state index is 14.0. The number of halogens is 1. The minimum absolute atomic E-state index is 0.280. The predicted molar refractivity (Wildman–Crippen MR) is 82.0 cm³/mol. The van der Waals surface area contributed by atoms with Crippen LogP contribution in [-0.2, 0) is 6.54 Å². The predicted octanol–water partition coefficient (Wildman–Crippen LogP) is 4.26. The van der Waals surface area contributed by atoms with E-state index in [-0.39, 0.29) is 5.82 Å². The van der Waals surface area contributed by atoms with E-state index in [1.807, 2.05) is 35.0 Å². The van der Waals surface area contributed by atoms with Crippen molar-refractivity contribution in [3.05, 3.63) is 48.3 Å². The maximum Gasteiger partial charge on any atom is 0.151 e. The first-order valence-electron chi connectivity index (χ1n) is 7.04. The third-order valence-electron chi connectivity index (χ3n) is 3.52. The molecule has 0 amide bonds. The average Bonchev–Trinajstić information content (AvgIpc) is 2.87. The lowest BCUT2D eigenvalue weighted by Gasteiger charge is -2.07. The molecule has 0 saturated heterocycles. The van der Waals surface area contributed by atoms with Crippen LogP contribution in [0.3, 0.4) is 0 Å². The highest BCUT2D eigenvalue weighted by Gasteiger charge is 2.15. The zero-order valence-electron chi connectivity index (χ0n) is 12.1. The summed E-state index contributed by atoms with van der Waals surface area (Å²) < 4.78 is 21.0. The van der Waals surface area contributed by atoms with Crippen LogP contribution in [0.1, 0.15) is 13.3 Å². The first-order valence-corrected chi connectivity index (χ1v) is 7.04. The van der Waals surface area contributed by atoms with Gasteiger partial charge < -0.3 is 4.74 Å². The molecular weight excluding hydrogens is 267 g/mol. The van der Waals surface area contributed by atoms with Crippen LogP contribution in [0.15, 0.2) is 42.5 Å². The molecule has 21 heavy (non-hydrogen) atoms. The highest BCUT2D eigenvalue weighted by atomic mass is 19.1. The number of ether oxygens (including phenoxy) is 1. The van der Waals surface area contributed by atoms with Gasteiger partial charge in [-0.3, -0.25) is 4.68 Å². The van der Waals surface area contributed by atoms with Crippen LogP contribution in [0.5, 0.6) is 5.75 Å². The van der Waals surface area contributed by atoms with Gasteiger partial charge in [-0.1, -0.05) is 19.1 Å². The van der Waals surface area contributed by atoms with E-state index in [1.54, 1.807) is 13.2 Å². The van der Waals surface area contributed by atoms with Crippen LogP contribution in [0.4, 0.5) is 4.39 Å². The minimum atomic E-state index is -0.280. The highest BCUT2D eigenvalue weighted by molar-refractivity contribution is 5.93.